The van der Waals surface area contributed by atoms with Crippen molar-refractivity contribution in [1.29, 1.82) is 0 Å². The number of anilines is 1. The molecule has 3 aromatic carbocycles. The van der Waals surface area contributed by atoms with Crippen molar-refractivity contribution in [2.75, 3.05) is 18.0 Å². The van der Waals surface area contributed by atoms with Gasteiger partial charge in [0.15, 0.2) is 0 Å². The molecule has 1 aliphatic rings. The van der Waals surface area contributed by atoms with Gasteiger partial charge in [-0.1, -0.05) is 78.9 Å². The fourth-order valence-electron chi connectivity index (χ4n) is 3.97. The largest absolute Gasteiger partial charge is 0.443 e. The van der Waals surface area contributed by atoms with Crippen LogP contribution in [0.5, 0.6) is 0 Å². The van der Waals surface area contributed by atoms with E-state index in [1.807, 2.05) is 91.0 Å². The molecule has 0 aliphatic carbocycles. The van der Waals surface area contributed by atoms with Crippen molar-refractivity contribution in [3.8, 4) is 0 Å². The highest BCUT2D eigenvalue weighted by atomic mass is 16.6. The molecule has 0 aromatic heterocycles. The Morgan fingerprint density at radius 1 is 0.824 bits per heavy atom. The van der Waals surface area contributed by atoms with Crippen LogP contribution in [0.3, 0.4) is 0 Å². The molecule has 176 valence electrons. The first-order chi connectivity index (χ1) is 16.7. The second-order valence-electron chi connectivity index (χ2n) is 8.16. The van der Waals surface area contributed by atoms with E-state index in [0.29, 0.717) is 6.54 Å². The molecule has 0 bridgehead atoms. The van der Waals surface area contributed by atoms with Gasteiger partial charge in [0, 0.05) is 18.8 Å². The number of para-hydroxylation sites is 1. The number of hydrogen-bond donors (Lipinski definition) is 1. The highest BCUT2D eigenvalue weighted by Crippen LogP contribution is 2.22. The number of piperidine rings is 1. The lowest BCUT2D eigenvalue weighted by atomic mass is 10.0. The topological polar surface area (TPSA) is 71.1 Å². The summed E-state index contributed by atoms with van der Waals surface area (Å²) in [4.78, 5) is 27.9. The second-order valence-corrected chi connectivity index (χ2v) is 8.16. The summed E-state index contributed by atoms with van der Waals surface area (Å²) in [6, 6.07) is 28.6. The van der Waals surface area contributed by atoms with Crippen LogP contribution in [0.25, 0.3) is 0 Å². The summed E-state index contributed by atoms with van der Waals surface area (Å²) in [5.74, 6) is 0. The van der Waals surface area contributed by atoms with Crippen molar-refractivity contribution < 1.29 is 19.1 Å². The summed E-state index contributed by atoms with van der Waals surface area (Å²) in [7, 11) is 0. The van der Waals surface area contributed by atoms with E-state index >= 15 is 0 Å². The van der Waals surface area contributed by atoms with Gasteiger partial charge in [-0.05, 0) is 36.1 Å². The molecule has 1 N–H and O–H groups in total. The third kappa shape index (κ3) is 6.51. The molecule has 1 saturated heterocycles. The number of hydrazine groups is 1. The van der Waals surface area contributed by atoms with Gasteiger partial charge >= 0.3 is 12.2 Å². The van der Waals surface area contributed by atoms with Gasteiger partial charge in [0.1, 0.15) is 13.2 Å². The molecule has 1 unspecified atom stereocenters. The third-order valence-electron chi connectivity index (χ3n) is 5.71. The van der Waals surface area contributed by atoms with E-state index in [-0.39, 0.29) is 19.3 Å². The smallest absolute Gasteiger partial charge is 0.429 e. The van der Waals surface area contributed by atoms with Gasteiger partial charge in [0.2, 0.25) is 0 Å². The molecule has 7 heteroatoms. The summed E-state index contributed by atoms with van der Waals surface area (Å²) in [6.45, 7) is 1.68. The minimum Gasteiger partial charge on any atom is -0.443 e. The van der Waals surface area contributed by atoms with Gasteiger partial charge < -0.3 is 14.4 Å². The number of hydrogen-bond acceptors (Lipinski definition) is 5. The summed E-state index contributed by atoms with van der Waals surface area (Å²) >= 11 is 0. The molecule has 2 amide bonds. The monoisotopic (exact) mass is 459 g/mol. The molecular formula is C27H29N3O4. The first-order valence-electron chi connectivity index (χ1n) is 11.5. The van der Waals surface area contributed by atoms with Crippen molar-refractivity contribution in [2.45, 2.75) is 32.1 Å². The van der Waals surface area contributed by atoms with Gasteiger partial charge in [-0.15, -0.1) is 0 Å². The van der Waals surface area contributed by atoms with E-state index in [1.165, 1.54) is 5.01 Å². The highest BCUT2D eigenvalue weighted by Gasteiger charge is 2.32. The van der Waals surface area contributed by atoms with Gasteiger partial charge in [-0.2, -0.15) is 0 Å². The Bertz CT molecular complexity index is 1050. The average Bonchev–Trinajstić information content (AvgIpc) is 2.91. The minimum atomic E-state index is -0.697. The van der Waals surface area contributed by atoms with Crippen molar-refractivity contribution >= 4 is 17.9 Å². The first-order valence-corrected chi connectivity index (χ1v) is 11.5. The van der Waals surface area contributed by atoms with Gasteiger partial charge in [-0.3, -0.25) is 0 Å². The first kappa shape index (κ1) is 23.2. The Morgan fingerprint density at radius 2 is 1.38 bits per heavy atom. The number of amides is 2. The number of carbonyl (C=O) groups excluding carboxylic acids is 2. The SMILES string of the molecule is O=C(NN(C(=O)OCc1ccccc1)C1CCCN(c2ccccc2)C1)OCc1ccccc1. The lowest BCUT2D eigenvalue weighted by molar-refractivity contribution is 0.0432. The van der Waals surface area contributed by atoms with Crippen molar-refractivity contribution in [3.63, 3.8) is 0 Å². The van der Waals surface area contributed by atoms with Crippen LogP contribution in [0.15, 0.2) is 91.0 Å². The van der Waals surface area contributed by atoms with Crippen molar-refractivity contribution in [3.05, 3.63) is 102 Å². The quantitative estimate of drug-likeness (QED) is 0.517. The fraction of sp³-hybridized carbons (Fsp3) is 0.259. The van der Waals surface area contributed by atoms with Crippen LogP contribution in [-0.2, 0) is 22.7 Å². The molecule has 3 aromatic rings. The van der Waals surface area contributed by atoms with Gasteiger partial charge in [0.25, 0.3) is 0 Å². The minimum absolute atomic E-state index is 0.111. The van der Waals surface area contributed by atoms with Crippen LogP contribution in [-0.4, -0.2) is 36.3 Å². The van der Waals surface area contributed by atoms with Crippen molar-refractivity contribution in [1.82, 2.24) is 10.4 Å². The molecule has 0 radical (unpaired) electrons. The predicted octanol–water partition coefficient (Wildman–Crippen LogP) is 5.14. The van der Waals surface area contributed by atoms with Crippen LogP contribution < -0.4 is 10.3 Å². The summed E-state index contributed by atoms with van der Waals surface area (Å²) < 4.78 is 10.9. The van der Waals surface area contributed by atoms with Crippen LogP contribution >= 0.6 is 0 Å². The Morgan fingerprint density at radius 3 is 2.00 bits per heavy atom. The number of benzene rings is 3. The average molecular weight is 460 g/mol. The van der Waals surface area contributed by atoms with E-state index in [4.69, 9.17) is 9.47 Å². The zero-order chi connectivity index (χ0) is 23.6. The zero-order valence-electron chi connectivity index (χ0n) is 19.0. The van der Waals surface area contributed by atoms with E-state index in [0.717, 1.165) is 36.2 Å². The standard InChI is InChI=1S/C27H29N3O4/c31-26(33-20-22-11-4-1-5-12-22)28-30(27(32)34-21-23-13-6-2-7-14-23)25-17-10-18-29(19-25)24-15-8-3-9-16-24/h1-9,11-16,25H,10,17-21H2,(H,28,31). The predicted molar refractivity (Wildman–Crippen MR) is 130 cm³/mol. The maximum absolute atomic E-state index is 13.1. The molecule has 1 heterocycles. The van der Waals surface area contributed by atoms with E-state index in [1.54, 1.807) is 0 Å². The normalized spacial score (nSPS) is 15.3. The van der Waals surface area contributed by atoms with Crippen LogP contribution in [0.2, 0.25) is 0 Å². The van der Waals surface area contributed by atoms with Crippen LogP contribution in [0.1, 0.15) is 24.0 Å². The van der Waals surface area contributed by atoms with Gasteiger partial charge in [0.05, 0.1) is 6.04 Å². The maximum Gasteiger partial charge on any atom is 0.429 e. The maximum atomic E-state index is 13.1. The fourth-order valence-corrected chi connectivity index (χ4v) is 3.97. The van der Waals surface area contributed by atoms with E-state index < -0.39 is 12.2 Å². The number of ether oxygens (including phenoxy) is 2. The Labute approximate surface area is 199 Å². The molecule has 4 rings (SSSR count). The third-order valence-corrected chi connectivity index (χ3v) is 5.71. The molecule has 1 fully saturated rings. The number of rotatable bonds is 6. The summed E-state index contributed by atoms with van der Waals surface area (Å²) in [5.41, 5.74) is 5.45. The lowest BCUT2D eigenvalue weighted by Crippen LogP contribution is -2.57. The zero-order valence-corrected chi connectivity index (χ0v) is 19.0. The van der Waals surface area contributed by atoms with Crippen LogP contribution in [0, 0.1) is 0 Å². The molecule has 0 spiro atoms. The summed E-state index contributed by atoms with van der Waals surface area (Å²) in [5, 5.41) is 1.28. The number of nitrogens with zero attached hydrogens (tertiary/aromatic N) is 2. The molecular weight excluding hydrogens is 430 g/mol. The Kier molecular flexibility index (Phi) is 8.00. The van der Waals surface area contributed by atoms with E-state index in [2.05, 4.69) is 10.3 Å². The Balaban J connectivity index is 1.43. The molecule has 1 aliphatic heterocycles. The number of nitrogens with one attached hydrogen (secondary N) is 1. The number of carbonyl (C=O) groups is 2. The lowest BCUT2D eigenvalue weighted by Gasteiger charge is -2.39. The summed E-state index contributed by atoms with van der Waals surface area (Å²) in [6.07, 6.45) is 0.309. The van der Waals surface area contributed by atoms with Gasteiger partial charge in [-0.25, -0.2) is 20.0 Å². The van der Waals surface area contributed by atoms with E-state index in [9.17, 15) is 9.59 Å². The van der Waals surface area contributed by atoms with Crippen molar-refractivity contribution in [2.24, 2.45) is 0 Å². The Hall–Kier alpha value is -4.00. The molecule has 34 heavy (non-hydrogen) atoms. The highest BCUT2D eigenvalue weighted by molar-refractivity contribution is 5.74. The van der Waals surface area contributed by atoms with Crippen LogP contribution in [0.4, 0.5) is 15.3 Å². The molecule has 1 atom stereocenters. The molecule has 7 nitrogen and oxygen atoms in total. The molecule has 0 saturated carbocycles. The second kappa shape index (κ2) is 11.7.